The van der Waals surface area contributed by atoms with Crippen molar-refractivity contribution in [3.8, 4) is 0 Å². The summed E-state index contributed by atoms with van der Waals surface area (Å²) >= 11 is 0. The summed E-state index contributed by atoms with van der Waals surface area (Å²) in [6.45, 7) is 1.18. The lowest BCUT2D eigenvalue weighted by Crippen LogP contribution is -2.35. The number of rotatable bonds is 5. The maximum absolute atomic E-state index is 13.1. The van der Waals surface area contributed by atoms with Gasteiger partial charge in [0.25, 0.3) is 5.91 Å². The number of fused-ring (bicyclic) bond motifs is 1. The van der Waals surface area contributed by atoms with Crippen molar-refractivity contribution in [2.45, 2.75) is 18.9 Å². The minimum atomic E-state index is -0.664. The summed E-state index contributed by atoms with van der Waals surface area (Å²) in [4.78, 5) is 26.4. The number of hydrogen-bond donors (Lipinski definition) is 1. The lowest BCUT2D eigenvalue weighted by Gasteiger charge is -2.27. The summed E-state index contributed by atoms with van der Waals surface area (Å²) in [5.74, 6) is -0.449. The van der Waals surface area contributed by atoms with Crippen molar-refractivity contribution in [3.63, 3.8) is 0 Å². The Morgan fingerprint density at radius 1 is 1.16 bits per heavy atom. The van der Waals surface area contributed by atoms with Crippen molar-refractivity contribution in [2.75, 3.05) is 20.2 Å². The van der Waals surface area contributed by atoms with Crippen LogP contribution in [-0.2, 0) is 16.0 Å². The van der Waals surface area contributed by atoms with Crippen molar-refractivity contribution in [3.05, 3.63) is 77.5 Å². The zero-order valence-corrected chi connectivity index (χ0v) is 17.3. The van der Waals surface area contributed by atoms with E-state index in [1.165, 1.54) is 12.7 Å². The minimum Gasteiger partial charge on any atom is -0.468 e. The number of nitrogens with zero attached hydrogens (tertiary/aromatic N) is 3. The number of ether oxygens (including phenoxy) is 1. The number of benzene rings is 2. The number of amides is 1. The molecule has 7 nitrogen and oxygen atoms in total. The summed E-state index contributed by atoms with van der Waals surface area (Å²) in [7, 11) is 1.34. The molecule has 1 aliphatic heterocycles. The van der Waals surface area contributed by atoms with E-state index in [-0.39, 0.29) is 5.91 Å². The summed E-state index contributed by atoms with van der Waals surface area (Å²) < 4.78 is 4.68. The first kappa shape index (κ1) is 20.7. The van der Waals surface area contributed by atoms with Gasteiger partial charge in [-0.2, -0.15) is 10.2 Å². The molecule has 31 heavy (non-hydrogen) atoms. The van der Waals surface area contributed by atoms with Crippen LogP contribution < -0.4 is 5.73 Å². The molecule has 2 aromatic carbocycles. The number of hydrogen-bond acceptors (Lipinski definition) is 6. The third kappa shape index (κ3) is 4.46. The topological polar surface area (TPSA) is 98.4 Å². The molecule has 0 saturated heterocycles. The van der Waals surface area contributed by atoms with Gasteiger partial charge in [0.2, 0.25) is 0 Å². The number of esters is 1. The van der Waals surface area contributed by atoms with Crippen LogP contribution in [0.25, 0.3) is 16.5 Å². The van der Waals surface area contributed by atoms with Crippen molar-refractivity contribution in [2.24, 2.45) is 5.73 Å². The molecule has 2 heterocycles. The fourth-order valence-corrected chi connectivity index (χ4v) is 3.81. The average molecular weight is 416 g/mol. The Hall–Kier alpha value is -3.58. The molecular formula is C24H24N4O3. The first-order valence-electron chi connectivity index (χ1n) is 10.2. The van der Waals surface area contributed by atoms with E-state index in [1.54, 1.807) is 6.20 Å². The zero-order chi connectivity index (χ0) is 21.8. The van der Waals surface area contributed by atoms with Gasteiger partial charge in [-0.25, -0.2) is 0 Å². The van der Waals surface area contributed by atoms with Gasteiger partial charge in [0.05, 0.1) is 24.4 Å². The van der Waals surface area contributed by atoms with Crippen LogP contribution in [0.2, 0.25) is 0 Å². The molecule has 1 aromatic heterocycles. The number of aromatic nitrogens is 2. The van der Waals surface area contributed by atoms with Crippen LogP contribution in [0.5, 0.6) is 0 Å². The van der Waals surface area contributed by atoms with Gasteiger partial charge in [-0.3, -0.25) is 9.59 Å². The highest BCUT2D eigenvalue weighted by Gasteiger charge is 2.22. The van der Waals surface area contributed by atoms with Gasteiger partial charge in [0.15, 0.2) is 0 Å². The maximum Gasteiger partial charge on any atom is 0.322 e. The first-order chi connectivity index (χ1) is 15.1. The molecule has 3 aromatic rings. The van der Waals surface area contributed by atoms with Gasteiger partial charge >= 0.3 is 5.97 Å². The second-order valence-electron chi connectivity index (χ2n) is 7.54. The van der Waals surface area contributed by atoms with Crippen LogP contribution in [-0.4, -0.2) is 53.2 Å². The smallest absolute Gasteiger partial charge is 0.322 e. The van der Waals surface area contributed by atoms with Crippen molar-refractivity contribution >= 4 is 28.4 Å². The second kappa shape index (κ2) is 9.06. The third-order valence-electron chi connectivity index (χ3n) is 5.56. The molecule has 4 rings (SSSR count). The molecule has 0 unspecified atom stereocenters. The van der Waals surface area contributed by atoms with E-state index in [0.29, 0.717) is 30.6 Å². The minimum absolute atomic E-state index is 0.0338. The molecule has 1 amide bonds. The summed E-state index contributed by atoms with van der Waals surface area (Å²) in [6.07, 6.45) is 4.83. The average Bonchev–Trinajstić information content (AvgIpc) is 2.83. The van der Waals surface area contributed by atoms with Crippen LogP contribution in [0.15, 0.2) is 60.8 Å². The Balaban J connectivity index is 1.44. The van der Waals surface area contributed by atoms with Crippen LogP contribution >= 0.6 is 0 Å². The highest BCUT2D eigenvalue weighted by atomic mass is 16.5. The molecule has 158 valence electrons. The van der Waals surface area contributed by atoms with E-state index in [9.17, 15) is 9.59 Å². The van der Waals surface area contributed by atoms with Crippen LogP contribution in [0, 0.1) is 0 Å². The Morgan fingerprint density at radius 3 is 2.65 bits per heavy atom. The second-order valence-corrected chi connectivity index (χ2v) is 7.54. The molecule has 0 saturated carbocycles. The number of nitrogens with two attached hydrogens (primary N) is 1. The highest BCUT2D eigenvalue weighted by molar-refractivity contribution is 6.05. The predicted octanol–water partition coefficient (Wildman–Crippen LogP) is 2.60. The van der Waals surface area contributed by atoms with E-state index in [2.05, 4.69) is 21.0 Å². The Kier molecular flexibility index (Phi) is 6.04. The quantitative estimate of drug-likeness (QED) is 0.642. The third-order valence-corrected chi connectivity index (χ3v) is 5.56. The van der Waals surface area contributed by atoms with E-state index in [4.69, 9.17) is 5.73 Å². The van der Waals surface area contributed by atoms with Gasteiger partial charge < -0.3 is 15.4 Å². The van der Waals surface area contributed by atoms with E-state index >= 15 is 0 Å². The van der Waals surface area contributed by atoms with Crippen LogP contribution in [0.4, 0.5) is 0 Å². The highest BCUT2D eigenvalue weighted by Crippen LogP contribution is 2.25. The number of carbonyl (C=O) groups is 2. The molecule has 2 N–H and O–H groups in total. The predicted molar refractivity (Wildman–Crippen MR) is 118 cm³/mol. The lowest BCUT2D eigenvalue weighted by molar-refractivity contribution is -0.142. The lowest BCUT2D eigenvalue weighted by atomic mass is 9.96. The summed E-state index contributed by atoms with van der Waals surface area (Å²) in [6, 6.07) is 14.9. The van der Waals surface area contributed by atoms with Crippen molar-refractivity contribution < 1.29 is 14.3 Å². The van der Waals surface area contributed by atoms with E-state index in [0.717, 1.165) is 22.9 Å². The molecule has 1 atom stereocenters. The van der Waals surface area contributed by atoms with Gasteiger partial charge in [0, 0.05) is 18.5 Å². The molecule has 1 aliphatic rings. The van der Waals surface area contributed by atoms with Gasteiger partial charge in [0.1, 0.15) is 6.04 Å². The molecular weight excluding hydrogens is 392 g/mol. The number of carbonyl (C=O) groups excluding carboxylic acids is 2. The molecule has 0 bridgehead atoms. The van der Waals surface area contributed by atoms with Crippen molar-refractivity contribution in [1.29, 1.82) is 0 Å². The molecule has 0 spiro atoms. The summed E-state index contributed by atoms with van der Waals surface area (Å²) in [5.41, 5.74) is 10.4. The first-order valence-corrected chi connectivity index (χ1v) is 10.2. The largest absolute Gasteiger partial charge is 0.468 e. The molecule has 0 radical (unpaired) electrons. The molecule has 0 fully saturated rings. The number of methoxy groups -OCH3 is 1. The van der Waals surface area contributed by atoms with E-state index in [1.807, 2.05) is 53.4 Å². The summed E-state index contributed by atoms with van der Waals surface area (Å²) in [5, 5.41) is 8.90. The monoisotopic (exact) mass is 416 g/mol. The van der Waals surface area contributed by atoms with E-state index < -0.39 is 12.0 Å². The Labute approximate surface area is 180 Å². The van der Waals surface area contributed by atoms with Gasteiger partial charge in [-0.05, 0) is 35.6 Å². The fourth-order valence-electron chi connectivity index (χ4n) is 3.81. The molecule has 7 heteroatoms. The normalized spacial score (nSPS) is 14.8. The van der Waals surface area contributed by atoms with Crippen LogP contribution in [0.3, 0.4) is 0 Å². The van der Waals surface area contributed by atoms with Gasteiger partial charge in [-0.1, -0.05) is 48.5 Å². The Morgan fingerprint density at radius 2 is 1.94 bits per heavy atom. The Bertz CT molecular complexity index is 1140. The van der Waals surface area contributed by atoms with Crippen molar-refractivity contribution in [1.82, 2.24) is 15.1 Å². The molecule has 0 aliphatic carbocycles. The SMILES string of the molecule is COC(=O)[C@@H](N)Cc1ccc(C2=CCN(C(=O)c3cnnc4ccccc34)CC2)cc1. The zero-order valence-electron chi connectivity index (χ0n) is 17.3. The maximum atomic E-state index is 13.1. The van der Waals surface area contributed by atoms with Crippen LogP contribution in [0.1, 0.15) is 27.9 Å². The van der Waals surface area contributed by atoms with Gasteiger partial charge in [-0.15, -0.1) is 0 Å². The fraction of sp³-hybridized carbons (Fsp3) is 0.250. The standard InChI is InChI=1S/C24H24N4O3/c1-31-24(30)21(25)14-16-6-8-17(9-7-16)18-10-12-28(13-11-18)23(29)20-15-26-27-22-5-3-2-4-19(20)22/h2-10,15,21H,11-14,25H2,1H3/t21-/m0/s1.